The lowest BCUT2D eigenvalue weighted by atomic mass is 9.93. The van der Waals surface area contributed by atoms with Crippen LogP contribution in [0.4, 0.5) is 8.78 Å². The van der Waals surface area contributed by atoms with Crippen LogP contribution in [0.15, 0.2) is 23.1 Å². The Morgan fingerprint density at radius 3 is 2.45 bits per heavy atom. The number of carbonyl (C=O) groups is 1. The van der Waals surface area contributed by atoms with Gasteiger partial charge in [0, 0.05) is 11.4 Å². The maximum absolute atomic E-state index is 13.0. The second kappa shape index (κ2) is 7.59. The van der Waals surface area contributed by atoms with Crippen LogP contribution in [0.25, 0.3) is 0 Å². The Kier molecular flexibility index (Phi) is 6.42. The zero-order valence-electron chi connectivity index (χ0n) is 11.7. The first-order valence-corrected chi connectivity index (χ1v) is 7.54. The Morgan fingerprint density at radius 1 is 1.30 bits per heavy atom. The van der Waals surface area contributed by atoms with E-state index in [-0.39, 0.29) is 17.2 Å². The monoisotopic (exact) mass is 302 g/mol. The van der Waals surface area contributed by atoms with Crippen molar-refractivity contribution in [2.75, 3.05) is 12.3 Å². The maximum Gasteiger partial charge on any atom is 0.230 e. The van der Waals surface area contributed by atoms with E-state index in [9.17, 15) is 13.6 Å². The molecular weight excluding hydrogens is 282 g/mol. The molecule has 0 aliphatic rings. The van der Waals surface area contributed by atoms with E-state index >= 15 is 0 Å². The normalized spacial score (nSPS) is 11.4. The van der Waals surface area contributed by atoms with E-state index in [2.05, 4.69) is 5.32 Å². The Balaban J connectivity index is 2.56. The molecule has 1 aromatic carbocycles. The summed E-state index contributed by atoms with van der Waals surface area (Å²) in [6.07, 6.45) is 1.50. The van der Waals surface area contributed by atoms with Gasteiger partial charge in [0.25, 0.3) is 0 Å². The van der Waals surface area contributed by atoms with Crippen molar-refractivity contribution >= 4 is 17.7 Å². The Bertz CT molecular complexity index is 456. The van der Waals surface area contributed by atoms with Gasteiger partial charge in [0.1, 0.15) is 0 Å². The Hall–Kier alpha value is -1.14. The first-order chi connectivity index (χ1) is 9.46. The van der Waals surface area contributed by atoms with Crippen molar-refractivity contribution < 1.29 is 13.6 Å². The molecule has 0 saturated carbocycles. The number of hydrogen-bond acceptors (Lipinski definition) is 3. The summed E-state index contributed by atoms with van der Waals surface area (Å²) in [5.74, 6) is -1.81. The van der Waals surface area contributed by atoms with Crippen LogP contribution in [0.2, 0.25) is 0 Å². The largest absolute Gasteiger partial charge is 0.349 e. The number of benzene rings is 1. The lowest BCUT2D eigenvalue weighted by Gasteiger charge is -2.31. The lowest BCUT2D eigenvalue weighted by Crippen LogP contribution is -2.53. The molecule has 0 aliphatic heterocycles. The van der Waals surface area contributed by atoms with Gasteiger partial charge >= 0.3 is 0 Å². The number of rotatable bonds is 7. The maximum atomic E-state index is 13.0. The number of halogens is 2. The zero-order chi connectivity index (χ0) is 15.2. The molecule has 3 N–H and O–H groups in total. The summed E-state index contributed by atoms with van der Waals surface area (Å²) in [6, 6.07) is 3.59. The minimum Gasteiger partial charge on any atom is -0.349 e. The molecule has 1 aromatic rings. The number of carbonyl (C=O) groups excluding carboxylic acids is 1. The fraction of sp³-hybridized carbons (Fsp3) is 0.500. The van der Waals surface area contributed by atoms with Crippen LogP contribution in [-0.4, -0.2) is 23.7 Å². The van der Waals surface area contributed by atoms with Crippen LogP contribution >= 0.6 is 11.8 Å². The number of amides is 1. The van der Waals surface area contributed by atoms with E-state index in [1.807, 2.05) is 13.8 Å². The molecule has 1 amide bonds. The van der Waals surface area contributed by atoms with E-state index in [1.54, 1.807) is 0 Å². The van der Waals surface area contributed by atoms with Crippen molar-refractivity contribution in [2.24, 2.45) is 5.73 Å². The topological polar surface area (TPSA) is 55.1 Å². The molecule has 0 radical (unpaired) electrons. The average molecular weight is 302 g/mol. The second-order valence-corrected chi connectivity index (χ2v) is 5.65. The second-order valence-electron chi connectivity index (χ2n) is 4.60. The molecular formula is C14H20F2N2OS. The molecule has 0 aromatic heterocycles. The van der Waals surface area contributed by atoms with Crippen molar-refractivity contribution in [2.45, 2.75) is 37.1 Å². The number of nitrogens with one attached hydrogen (secondary N) is 1. The van der Waals surface area contributed by atoms with Gasteiger partial charge in [-0.1, -0.05) is 13.8 Å². The van der Waals surface area contributed by atoms with E-state index in [1.165, 1.54) is 6.07 Å². The van der Waals surface area contributed by atoms with Crippen LogP contribution in [0.5, 0.6) is 0 Å². The molecule has 112 valence electrons. The summed E-state index contributed by atoms with van der Waals surface area (Å²) < 4.78 is 25.8. The fourth-order valence-corrected chi connectivity index (χ4v) is 2.53. The fourth-order valence-electron chi connectivity index (χ4n) is 1.81. The summed E-state index contributed by atoms with van der Waals surface area (Å²) >= 11 is 1.16. The molecule has 3 nitrogen and oxygen atoms in total. The van der Waals surface area contributed by atoms with Crippen LogP contribution in [0.3, 0.4) is 0 Å². The molecule has 1 rings (SSSR count). The molecule has 0 atom stereocenters. The van der Waals surface area contributed by atoms with Gasteiger partial charge in [-0.3, -0.25) is 4.79 Å². The minimum absolute atomic E-state index is 0.146. The van der Waals surface area contributed by atoms with Gasteiger partial charge in [0.2, 0.25) is 5.91 Å². The Labute approximate surface area is 122 Å². The first kappa shape index (κ1) is 16.9. The molecule has 0 saturated heterocycles. The molecule has 0 spiro atoms. The predicted molar refractivity (Wildman–Crippen MR) is 77.6 cm³/mol. The highest BCUT2D eigenvalue weighted by Crippen LogP contribution is 2.21. The molecule has 0 fully saturated rings. The molecule has 0 aliphatic carbocycles. The van der Waals surface area contributed by atoms with Gasteiger partial charge in [-0.15, -0.1) is 11.8 Å². The van der Waals surface area contributed by atoms with E-state index in [0.717, 1.165) is 36.7 Å². The van der Waals surface area contributed by atoms with Gasteiger partial charge in [0.15, 0.2) is 11.6 Å². The van der Waals surface area contributed by atoms with Gasteiger partial charge in [-0.2, -0.15) is 0 Å². The molecule has 0 heterocycles. The van der Waals surface area contributed by atoms with Gasteiger partial charge in [0.05, 0.1) is 11.3 Å². The number of nitrogens with two attached hydrogens (primary N) is 1. The van der Waals surface area contributed by atoms with Crippen molar-refractivity contribution in [3.05, 3.63) is 29.8 Å². The standard InChI is InChI=1S/C14H20F2N2OS/c1-3-14(4-2,9-17)18-13(19)8-20-10-5-6-11(15)12(16)7-10/h5-7H,3-4,8-9,17H2,1-2H3,(H,18,19). The zero-order valence-corrected chi connectivity index (χ0v) is 12.5. The van der Waals surface area contributed by atoms with Crippen LogP contribution < -0.4 is 11.1 Å². The van der Waals surface area contributed by atoms with Crippen LogP contribution in [0.1, 0.15) is 26.7 Å². The summed E-state index contributed by atoms with van der Waals surface area (Å²) in [5, 5.41) is 2.92. The first-order valence-electron chi connectivity index (χ1n) is 6.55. The van der Waals surface area contributed by atoms with E-state index < -0.39 is 11.6 Å². The smallest absolute Gasteiger partial charge is 0.230 e. The third-order valence-electron chi connectivity index (χ3n) is 3.41. The SMILES string of the molecule is CCC(CC)(CN)NC(=O)CSc1ccc(F)c(F)c1. The predicted octanol–water partition coefficient (Wildman–Crippen LogP) is 2.69. The molecule has 6 heteroatoms. The highest BCUT2D eigenvalue weighted by molar-refractivity contribution is 8.00. The van der Waals surface area contributed by atoms with Crippen LogP contribution in [0, 0.1) is 11.6 Å². The summed E-state index contributed by atoms with van der Waals surface area (Å²) in [6.45, 7) is 4.32. The average Bonchev–Trinajstić information content (AvgIpc) is 2.46. The summed E-state index contributed by atoms with van der Waals surface area (Å²) in [7, 11) is 0. The van der Waals surface area contributed by atoms with Gasteiger partial charge in [-0.25, -0.2) is 8.78 Å². The molecule has 0 unspecified atom stereocenters. The quantitative estimate of drug-likeness (QED) is 0.761. The van der Waals surface area contributed by atoms with Crippen molar-refractivity contribution in [3.63, 3.8) is 0 Å². The number of thioether (sulfide) groups is 1. The summed E-state index contributed by atoms with van der Waals surface area (Å²) in [4.78, 5) is 12.4. The van der Waals surface area contributed by atoms with Crippen LogP contribution in [-0.2, 0) is 4.79 Å². The molecule has 0 bridgehead atoms. The van der Waals surface area contributed by atoms with E-state index in [4.69, 9.17) is 5.73 Å². The third kappa shape index (κ3) is 4.45. The van der Waals surface area contributed by atoms with Crippen molar-refractivity contribution in [1.82, 2.24) is 5.32 Å². The van der Waals surface area contributed by atoms with Gasteiger partial charge < -0.3 is 11.1 Å². The highest BCUT2D eigenvalue weighted by atomic mass is 32.2. The number of hydrogen-bond donors (Lipinski definition) is 2. The van der Waals surface area contributed by atoms with E-state index in [0.29, 0.717) is 11.4 Å². The summed E-state index contributed by atoms with van der Waals surface area (Å²) in [5.41, 5.74) is 5.32. The van der Waals surface area contributed by atoms with Crippen molar-refractivity contribution in [3.8, 4) is 0 Å². The molecule has 20 heavy (non-hydrogen) atoms. The minimum atomic E-state index is -0.908. The highest BCUT2D eigenvalue weighted by Gasteiger charge is 2.26. The third-order valence-corrected chi connectivity index (χ3v) is 4.40. The van der Waals surface area contributed by atoms with Crippen molar-refractivity contribution in [1.29, 1.82) is 0 Å². The van der Waals surface area contributed by atoms with Gasteiger partial charge in [-0.05, 0) is 31.0 Å². The lowest BCUT2D eigenvalue weighted by molar-refractivity contribution is -0.120. The Morgan fingerprint density at radius 2 is 1.95 bits per heavy atom.